The summed E-state index contributed by atoms with van der Waals surface area (Å²) < 4.78 is 5.47. The number of unbranched alkanes of at least 4 members (excludes halogenated alkanes) is 49. The summed E-state index contributed by atoms with van der Waals surface area (Å²) in [6, 6.07) is -0.539. The third-order valence-electron chi connectivity index (χ3n) is 15.6. The summed E-state index contributed by atoms with van der Waals surface area (Å²) in [6.07, 6.45) is 75.2. The molecule has 3 N–H and O–H groups in total. The molecule has 0 radical (unpaired) electrons. The molecule has 2 atom stereocenters. The summed E-state index contributed by atoms with van der Waals surface area (Å²) in [5, 5.41) is 23.4. The summed E-state index contributed by atoms with van der Waals surface area (Å²) in [5.74, 6) is -0.0213. The summed E-state index contributed by atoms with van der Waals surface area (Å²) >= 11 is 0. The summed E-state index contributed by atoms with van der Waals surface area (Å²) in [6.45, 7) is 4.96. The quantitative estimate of drug-likeness (QED) is 0.0320. The zero-order chi connectivity index (χ0) is 52.2. The third-order valence-corrected chi connectivity index (χ3v) is 15.6. The second-order valence-electron chi connectivity index (χ2n) is 22.8. The average Bonchev–Trinajstić information content (AvgIpc) is 3.38. The highest BCUT2D eigenvalue weighted by Crippen LogP contribution is 2.19. The highest BCUT2D eigenvalue weighted by molar-refractivity contribution is 5.76. The lowest BCUT2D eigenvalue weighted by molar-refractivity contribution is -0.143. The molecule has 0 saturated carbocycles. The van der Waals surface area contributed by atoms with Crippen molar-refractivity contribution in [2.75, 3.05) is 13.2 Å². The van der Waals surface area contributed by atoms with Crippen molar-refractivity contribution < 1.29 is 24.5 Å². The largest absolute Gasteiger partial charge is 0.466 e. The Morgan fingerprint density at radius 2 is 0.653 bits per heavy atom. The molecule has 72 heavy (non-hydrogen) atoms. The first kappa shape index (κ1) is 70.6. The molecule has 0 bridgehead atoms. The molecule has 6 nitrogen and oxygen atoms in total. The average molecular weight is 1020 g/mol. The topological polar surface area (TPSA) is 95.9 Å². The van der Waals surface area contributed by atoms with Crippen LogP contribution in [0.1, 0.15) is 373 Å². The van der Waals surface area contributed by atoms with Crippen molar-refractivity contribution in [3.8, 4) is 0 Å². The Kier molecular flexibility index (Phi) is 60.9. The SMILES string of the molecule is CCCCC/C=C\CCCCCCCC(=O)OCCCCCCCCCCCCCCCCCCCCCCCCCCCCC(=O)NC(CO)C(O)CCCCCCCCCCCCCCCCCCC. The van der Waals surface area contributed by atoms with E-state index in [0.717, 1.165) is 44.9 Å². The van der Waals surface area contributed by atoms with Crippen molar-refractivity contribution in [3.63, 3.8) is 0 Å². The standard InChI is InChI=1S/C66H129NO5/c1-3-5-7-9-11-13-15-17-18-29-32-35-38-42-46-50-54-58-64(69)63(62-68)67-65(70)59-55-51-47-43-39-36-33-30-27-25-23-21-19-20-22-24-26-28-31-34-37-41-45-49-53-57-61-72-66(71)60-56-52-48-44-40-16-14-12-10-8-6-4-2/h12,14,63-64,68-69H,3-11,13,15-62H2,1-2H3,(H,67,70)/b14-12-. The number of ether oxygens (including phenoxy) is 1. The van der Waals surface area contributed by atoms with E-state index < -0.39 is 12.1 Å². The van der Waals surface area contributed by atoms with Crippen molar-refractivity contribution in [1.29, 1.82) is 0 Å². The Morgan fingerprint density at radius 1 is 0.375 bits per heavy atom. The zero-order valence-corrected chi connectivity index (χ0v) is 48.9. The monoisotopic (exact) mass is 1020 g/mol. The number of aliphatic hydroxyl groups is 2. The molecule has 0 aliphatic heterocycles. The fourth-order valence-corrected chi connectivity index (χ4v) is 10.5. The first-order valence-electron chi connectivity index (χ1n) is 32.9. The Balaban J connectivity index is 3.35. The van der Waals surface area contributed by atoms with Gasteiger partial charge in [-0.1, -0.05) is 321 Å². The van der Waals surface area contributed by atoms with E-state index in [1.165, 1.54) is 295 Å². The number of aliphatic hydroxyl groups excluding tert-OH is 2. The molecule has 0 saturated heterocycles. The lowest BCUT2D eigenvalue weighted by Crippen LogP contribution is -2.45. The molecular formula is C66H129NO5. The molecule has 1 amide bonds. The van der Waals surface area contributed by atoms with Crippen LogP contribution in [0.25, 0.3) is 0 Å². The van der Waals surface area contributed by atoms with Gasteiger partial charge in [-0.3, -0.25) is 9.59 Å². The predicted molar refractivity (Wildman–Crippen MR) is 315 cm³/mol. The summed E-state index contributed by atoms with van der Waals surface area (Å²) in [4.78, 5) is 24.5. The van der Waals surface area contributed by atoms with Crippen LogP contribution in [0.2, 0.25) is 0 Å². The van der Waals surface area contributed by atoms with Crippen molar-refractivity contribution >= 4 is 11.9 Å². The lowest BCUT2D eigenvalue weighted by Gasteiger charge is -2.22. The number of hydrogen-bond acceptors (Lipinski definition) is 5. The van der Waals surface area contributed by atoms with Gasteiger partial charge >= 0.3 is 5.97 Å². The number of esters is 1. The van der Waals surface area contributed by atoms with Crippen molar-refractivity contribution in [2.24, 2.45) is 0 Å². The Hall–Kier alpha value is -1.40. The molecule has 6 heteroatoms. The second kappa shape index (κ2) is 62.1. The van der Waals surface area contributed by atoms with Crippen LogP contribution in [0, 0.1) is 0 Å². The Bertz CT molecular complexity index is 1080. The smallest absolute Gasteiger partial charge is 0.305 e. The maximum absolute atomic E-state index is 12.5. The Morgan fingerprint density at radius 3 is 1.01 bits per heavy atom. The Labute approximate surface area is 450 Å². The first-order chi connectivity index (χ1) is 35.5. The van der Waals surface area contributed by atoms with Gasteiger partial charge in [0.2, 0.25) is 5.91 Å². The van der Waals surface area contributed by atoms with Gasteiger partial charge in [-0.15, -0.1) is 0 Å². The van der Waals surface area contributed by atoms with Crippen LogP contribution < -0.4 is 5.32 Å². The number of amides is 1. The minimum atomic E-state index is -0.662. The lowest BCUT2D eigenvalue weighted by atomic mass is 10.0. The third kappa shape index (κ3) is 57.9. The maximum Gasteiger partial charge on any atom is 0.305 e. The van der Waals surface area contributed by atoms with E-state index in [0.29, 0.717) is 25.9 Å². The molecule has 0 spiro atoms. The normalized spacial score (nSPS) is 12.6. The fraction of sp³-hybridized carbons (Fsp3) is 0.939. The van der Waals surface area contributed by atoms with E-state index in [-0.39, 0.29) is 18.5 Å². The molecule has 0 heterocycles. The first-order valence-corrected chi connectivity index (χ1v) is 32.9. The van der Waals surface area contributed by atoms with Gasteiger partial charge in [-0.25, -0.2) is 0 Å². The maximum atomic E-state index is 12.5. The van der Waals surface area contributed by atoms with Crippen LogP contribution >= 0.6 is 0 Å². The zero-order valence-electron chi connectivity index (χ0n) is 48.9. The molecular weight excluding hydrogens is 887 g/mol. The van der Waals surface area contributed by atoms with E-state index in [1.54, 1.807) is 0 Å². The van der Waals surface area contributed by atoms with Crippen LogP contribution in [0.4, 0.5) is 0 Å². The van der Waals surface area contributed by atoms with Gasteiger partial charge < -0.3 is 20.3 Å². The van der Waals surface area contributed by atoms with E-state index in [4.69, 9.17) is 4.74 Å². The number of rotatable bonds is 62. The van der Waals surface area contributed by atoms with E-state index in [2.05, 4.69) is 31.3 Å². The predicted octanol–water partition coefficient (Wildman–Crippen LogP) is 20.8. The highest BCUT2D eigenvalue weighted by atomic mass is 16.5. The van der Waals surface area contributed by atoms with Crippen molar-refractivity contribution in [2.45, 2.75) is 386 Å². The van der Waals surface area contributed by atoms with Crippen molar-refractivity contribution in [3.05, 3.63) is 12.2 Å². The van der Waals surface area contributed by atoms with Crippen LogP contribution in [0.3, 0.4) is 0 Å². The molecule has 0 aromatic carbocycles. The van der Waals surface area contributed by atoms with E-state index in [9.17, 15) is 19.8 Å². The number of allylic oxidation sites excluding steroid dienone is 2. The van der Waals surface area contributed by atoms with Crippen LogP contribution in [-0.2, 0) is 14.3 Å². The second-order valence-corrected chi connectivity index (χ2v) is 22.8. The summed E-state index contributed by atoms with van der Waals surface area (Å²) in [7, 11) is 0. The van der Waals surface area contributed by atoms with Crippen LogP contribution in [0.5, 0.6) is 0 Å². The van der Waals surface area contributed by atoms with Crippen LogP contribution in [0.15, 0.2) is 12.2 Å². The minimum absolute atomic E-state index is 0.00788. The highest BCUT2D eigenvalue weighted by Gasteiger charge is 2.20. The molecule has 0 rings (SSSR count). The minimum Gasteiger partial charge on any atom is -0.466 e. The number of nitrogens with one attached hydrogen (secondary N) is 1. The summed E-state index contributed by atoms with van der Waals surface area (Å²) in [5.41, 5.74) is 0. The molecule has 0 aliphatic rings. The molecule has 0 aliphatic carbocycles. The van der Waals surface area contributed by atoms with Gasteiger partial charge in [0.05, 0.1) is 25.4 Å². The van der Waals surface area contributed by atoms with E-state index >= 15 is 0 Å². The van der Waals surface area contributed by atoms with Gasteiger partial charge in [0.1, 0.15) is 0 Å². The van der Waals surface area contributed by atoms with Crippen LogP contribution in [-0.4, -0.2) is 47.4 Å². The molecule has 428 valence electrons. The van der Waals surface area contributed by atoms with Gasteiger partial charge in [0, 0.05) is 12.8 Å². The number of hydrogen-bond donors (Lipinski definition) is 3. The number of carbonyl (C=O) groups is 2. The molecule has 0 aromatic rings. The molecule has 2 unspecified atom stereocenters. The van der Waals surface area contributed by atoms with Gasteiger partial charge in [-0.2, -0.15) is 0 Å². The van der Waals surface area contributed by atoms with Gasteiger partial charge in [-0.05, 0) is 51.4 Å². The molecule has 0 aromatic heterocycles. The van der Waals surface area contributed by atoms with Crippen molar-refractivity contribution in [1.82, 2.24) is 5.32 Å². The molecule has 0 fully saturated rings. The fourth-order valence-electron chi connectivity index (χ4n) is 10.5. The van der Waals surface area contributed by atoms with Gasteiger partial charge in [0.25, 0.3) is 0 Å². The number of carbonyl (C=O) groups excluding carboxylic acids is 2. The van der Waals surface area contributed by atoms with Gasteiger partial charge in [0.15, 0.2) is 0 Å². The van der Waals surface area contributed by atoms with E-state index in [1.807, 2.05) is 0 Å².